The summed E-state index contributed by atoms with van der Waals surface area (Å²) in [5.74, 6) is 0.955. The minimum Gasteiger partial charge on any atom is -0.377 e. The fraction of sp³-hybridized carbons (Fsp3) is 0.471. The molecule has 1 aromatic heterocycles. The van der Waals surface area contributed by atoms with Crippen molar-refractivity contribution in [2.75, 3.05) is 24.3 Å². The standard InChI is InChI=1S/C17H24N4/c1-21(2)16-11-17(19-13-7-5-6-12(18)10-13)20-15-9-4-3-8-14(15)16/h3-4,8-9,11-13H,5-7,10,18H2,1-2H3,(H,19,20). The van der Waals surface area contributed by atoms with Crippen LogP contribution in [0.4, 0.5) is 11.5 Å². The highest BCUT2D eigenvalue weighted by Crippen LogP contribution is 2.28. The summed E-state index contributed by atoms with van der Waals surface area (Å²) in [4.78, 5) is 6.90. The SMILES string of the molecule is CN(C)c1cc(NC2CCCC(N)C2)nc2ccccc12. The van der Waals surface area contributed by atoms with Gasteiger partial charge in [0, 0.05) is 43.3 Å². The van der Waals surface area contributed by atoms with Crippen LogP contribution in [-0.2, 0) is 0 Å². The van der Waals surface area contributed by atoms with Crippen LogP contribution in [0.25, 0.3) is 10.9 Å². The Bertz CT molecular complexity index is 623. The van der Waals surface area contributed by atoms with Crippen LogP contribution < -0.4 is 16.0 Å². The largest absolute Gasteiger partial charge is 0.377 e. The summed E-state index contributed by atoms with van der Waals surface area (Å²) in [5.41, 5.74) is 8.31. The van der Waals surface area contributed by atoms with Crippen molar-refractivity contribution in [2.45, 2.75) is 37.8 Å². The monoisotopic (exact) mass is 284 g/mol. The van der Waals surface area contributed by atoms with E-state index in [2.05, 4.69) is 48.6 Å². The predicted molar refractivity (Wildman–Crippen MR) is 89.9 cm³/mol. The summed E-state index contributed by atoms with van der Waals surface area (Å²) in [7, 11) is 4.14. The number of pyridine rings is 1. The van der Waals surface area contributed by atoms with E-state index < -0.39 is 0 Å². The predicted octanol–water partition coefficient (Wildman–Crippen LogP) is 2.98. The smallest absolute Gasteiger partial charge is 0.128 e. The van der Waals surface area contributed by atoms with Crippen molar-refractivity contribution in [2.24, 2.45) is 5.73 Å². The first-order valence-corrected chi connectivity index (χ1v) is 7.72. The molecule has 4 heteroatoms. The molecule has 1 aliphatic rings. The first-order valence-electron chi connectivity index (χ1n) is 7.72. The summed E-state index contributed by atoms with van der Waals surface area (Å²) >= 11 is 0. The Kier molecular flexibility index (Phi) is 3.97. The lowest BCUT2D eigenvalue weighted by Crippen LogP contribution is -2.35. The third-order valence-corrected chi connectivity index (χ3v) is 4.24. The van der Waals surface area contributed by atoms with Crippen LogP contribution >= 0.6 is 0 Å². The maximum atomic E-state index is 6.08. The zero-order valence-electron chi connectivity index (χ0n) is 12.8. The molecule has 1 fully saturated rings. The first kappa shape index (κ1) is 14.1. The van der Waals surface area contributed by atoms with Gasteiger partial charge in [-0.25, -0.2) is 4.98 Å². The molecule has 0 amide bonds. The lowest BCUT2D eigenvalue weighted by Gasteiger charge is -2.28. The van der Waals surface area contributed by atoms with Crippen molar-refractivity contribution in [1.82, 2.24) is 4.98 Å². The Balaban J connectivity index is 1.91. The molecule has 2 atom stereocenters. The summed E-state index contributed by atoms with van der Waals surface area (Å²) in [6.45, 7) is 0. The molecule has 2 aromatic rings. The summed E-state index contributed by atoms with van der Waals surface area (Å²) in [6.07, 6.45) is 4.56. The van der Waals surface area contributed by atoms with Crippen molar-refractivity contribution >= 4 is 22.4 Å². The van der Waals surface area contributed by atoms with Crippen molar-refractivity contribution in [1.29, 1.82) is 0 Å². The molecule has 1 aromatic carbocycles. The molecule has 1 heterocycles. The molecule has 0 aliphatic heterocycles. The van der Waals surface area contributed by atoms with Gasteiger partial charge in [0.25, 0.3) is 0 Å². The topological polar surface area (TPSA) is 54.2 Å². The summed E-state index contributed by atoms with van der Waals surface area (Å²) < 4.78 is 0. The van der Waals surface area contributed by atoms with Gasteiger partial charge in [-0.2, -0.15) is 0 Å². The van der Waals surface area contributed by atoms with E-state index in [1.54, 1.807) is 0 Å². The fourth-order valence-electron chi connectivity index (χ4n) is 3.17. The van der Waals surface area contributed by atoms with E-state index in [9.17, 15) is 0 Å². The second-order valence-electron chi connectivity index (χ2n) is 6.21. The highest BCUT2D eigenvalue weighted by atomic mass is 15.1. The van der Waals surface area contributed by atoms with Gasteiger partial charge in [-0.3, -0.25) is 0 Å². The Morgan fingerprint density at radius 1 is 1.24 bits per heavy atom. The first-order chi connectivity index (χ1) is 10.1. The number of rotatable bonds is 3. The molecular formula is C17H24N4. The Labute approximate surface area is 126 Å². The summed E-state index contributed by atoms with van der Waals surface area (Å²) in [6, 6.07) is 11.2. The number of benzene rings is 1. The highest BCUT2D eigenvalue weighted by molar-refractivity contribution is 5.93. The number of nitrogens with zero attached hydrogens (tertiary/aromatic N) is 2. The van der Waals surface area contributed by atoms with Gasteiger partial charge < -0.3 is 16.0 Å². The fourth-order valence-corrected chi connectivity index (χ4v) is 3.17. The average Bonchev–Trinajstić information content (AvgIpc) is 2.46. The number of hydrogen-bond acceptors (Lipinski definition) is 4. The molecule has 0 bridgehead atoms. The molecule has 21 heavy (non-hydrogen) atoms. The lowest BCUT2D eigenvalue weighted by molar-refractivity contribution is 0.409. The number of fused-ring (bicyclic) bond motifs is 1. The van der Waals surface area contributed by atoms with E-state index in [1.807, 2.05) is 6.07 Å². The molecule has 3 rings (SSSR count). The third-order valence-electron chi connectivity index (χ3n) is 4.24. The van der Waals surface area contributed by atoms with Crippen molar-refractivity contribution in [3.63, 3.8) is 0 Å². The molecule has 0 radical (unpaired) electrons. The molecule has 1 saturated carbocycles. The van der Waals surface area contributed by atoms with E-state index in [0.29, 0.717) is 12.1 Å². The van der Waals surface area contributed by atoms with Crippen LogP contribution in [0.1, 0.15) is 25.7 Å². The number of aromatic nitrogens is 1. The zero-order chi connectivity index (χ0) is 14.8. The minimum atomic E-state index is 0.324. The van der Waals surface area contributed by atoms with E-state index in [0.717, 1.165) is 24.2 Å². The third kappa shape index (κ3) is 3.10. The average molecular weight is 284 g/mol. The van der Waals surface area contributed by atoms with Gasteiger partial charge in [0.15, 0.2) is 0 Å². The molecule has 0 spiro atoms. The molecule has 2 unspecified atom stereocenters. The van der Waals surface area contributed by atoms with Gasteiger partial charge in [0.2, 0.25) is 0 Å². The van der Waals surface area contributed by atoms with Crippen LogP contribution in [0.5, 0.6) is 0 Å². The maximum absolute atomic E-state index is 6.08. The Hall–Kier alpha value is -1.81. The maximum Gasteiger partial charge on any atom is 0.128 e. The van der Waals surface area contributed by atoms with Crippen molar-refractivity contribution in [3.05, 3.63) is 30.3 Å². The number of hydrogen-bond donors (Lipinski definition) is 2. The normalized spacial score (nSPS) is 22.2. The van der Waals surface area contributed by atoms with Crippen LogP contribution in [0.15, 0.2) is 30.3 Å². The van der Waals surface area contributed by atoms with Crippen molar-refractivity contribution < 1.29 is 0 Å². The van der Waals surface area contributed by atoms with Crippen LogP contribution in [-0.4, -0.2) is 31.2 Å². The molecule has 4 nitrogen and oxygen atoms in total. The number of anilines is 2. The zero-order valence-corrected chi connectivity index (χ0v) is 12.8. The van der Waals surface area contributed by atoms with Gasteiger partial charge in [-0.1, -0.05) is 18.2 Å². The van der Waals surface area contributed by atoms with E-state index in [4.69, 9.17) is 10.7 Å². The van der Waals surface area contributed by atoms with Gasteiger partial charge >= 0.3 is 0 Å². The lowest BCUT2D eigenvalue weighted by atomic mass is 9.91. The minimum absolute atomic E-state index is 0.324. The van der Waals surface area contributed by atoms with E-state index >= 15 is 0 Å². The number of nitrogens with two attached hydrogens (primary N) is 1. The highest BCUT2D eigenvalue weighted by Gasteiger charge is 2.19. The van der Waals surface area contributed by atoms with Crippen LogP contribution in [0.2, 0.25) is 0 Å². The van der Waals surface area contributed by atoms with E-state index in [1.165, 1.54) is 23.9 Å². The molecule has 112 valence electrons. The summed E-state index contributed by atoms with van der Waals surface area (Å²) in [5, 5.41) is 4.77. The van der Waals surface area contributed by atoms with E-state index in [-0.39, 0.29) is 0 Å². The van der Waals surface area contributed by atoms with Gasteiger partial charge in [-0.05, 0) is 31.7 Å². The van der Waals surface area contributed by atoms with Gasteiger partial charge in [0.1, 0.15) is 5.82 Å². The molecule has 0 saturated heterocycles. The molecule has 3 N–H and O–H groups in total. The number of nitrogens with one attached hydrogen (secondary N) is 1. The Morgan fingerprint density at radius 2 is 2.05 bits per heavy atom. The van der Waals surface area contributed by atoms with Gasteiger partial charge in [0.05, 0.1) is 5.52 Å². The van der Waals surface area contributed by atoms with Crippen LogP contribution in [0.3, 0.4) is 0 Å². The van der Waals surface area contributed by atoms with Crippen molar-refractivity contribution in [3.8, 4) is 0 Å². The second kappa shape index (κ2) is 5.90. The molecule has 1 aliphatic carbocycles. The van der Waals surface area contributed by atoms with Crippen LogP contribution in [0, 0.1) is 0 Å². The Morgan fingerprint density at radius 3 is 2.81 bits per heavy atom. The second-order valence-corrected chi connectivity index (χ2v) is 6.21. The number of para-hydroxylation sites is 1. The van der Waals surface area contributed by atoms with Gasteiger partial charge in [-0.15, -0.1) is 0 Å². The molecular weight excluding hydrogens is 260 g/mol. The quantitative estimate of drug-likeness (QED) is 0.910.